The van der Waals surface area contributed by atoms with E-state index in [-0.39, 0.29) is 11.8 Å². The van der Waals surface area contributed by atoms with Gasteiger partial charge < -0.3 is 10.1 Å². The van der Waals surface area contributed by atoms with Gasteiger partial charge in [-0.3, -0.25) is 14.6 Å². The number of nitrogens with zero attached hydrogens (tertiary/aromatic N) is 2. The van der Waals surface area contributed by atoms with Crippen LogP contribution in [0.5, 0.6) is 0 Å². The van der Waals surface area contributed by atoms with E-state index in [0.29, 0.717) is 12.1 Å². The first kappa shape index (κ1) is 17.7. The molecular formula is C17H33N3O2. The monoisotopic (exact) mass is 311 g/mol. The number of rotatable bonds is 7. The second-order valence-corrected chi connectivity index (χ2v) is 6.96. The van der Waals surface area contributed by atoms with Crippen LogP contribution in [0, 0.1) is 5.92 Å². The Morgan fingerprint density at radius 3 is 2.36 bits per heavy atom. The van der Waals surface area contributed by atoms with Gasteiger partial charge in [0, 0.05) is 57.8 Å². The van der Waals surface area contributed by atoms with Gasteiger partial charge in [0.05, 0.1) is 6.61 Å². The summed E-state index contributed by atoms with van der Waals surface area (Å²) < 4.78 is 5.21. The molecule has 2 aliphatic rings. The van der Waals surface area contributed by atoms with E-state index >= 15 is 0 Å². The zero-order valence-electron chi connectivity index (χ0n) is 14.5. The average Bonchev–Trinajstić information content (AvgIpc) is 3.00. The molecule has 1 saturated heterocycles. The number of methoxy groups -OCH3 is 1. The molecule has 5 heteroatoms. The van der Waals surface area contributed by atoms with Gasteiger partial charge in [0.15, 0.2) is 0 Å². The Kier molecular flexibility index (Phi) is 7.12. The Bertz CT molecular complexity index is 333. The zero-order valence-corrected chi connectivity index (χ0v) is 14.5. The summed E-state index contributed by atoms with van der Waals surface area (Å²) in [6.07, 6.45) is 4.60. The molecule has 0 aromatic heterocycles. The van der Waals surface area contributed by atoms with Crippen LogP contribution in [-0.2, 0) is 9.53 Å². The normalized spacial score (nSPS) is 28.1. The maximum Gasteiger partial charge on any atom is 0.223 e. The molecule has 128 valence electrons. The maximum absolute atomic E-state index is 12.0. The van der Waals surface area contributed by atoms with Crippen molar-refractivity contribution < 1.29 is 9.53 Å². The summed E-state index contributed by atoms with van der Waals surface area (Å²) in [6, 6.07) is 1.09. The second-order valence-electron chi connectivity index (χ2n) is 6.96. The van der Waals surface area contributed by atoms with Crippen molar-refractivity contribution >= 4 is 5.91 Å². The average molecular weight is 311 g/mol. The van der Waals surface area contributed by atoms with Gasteiger partial charge in [0.1, 0.15) is 0 Å². The van der Waals surface area contributed by atoms with Gasteiger partial charge in [-0.1, -0.05) is 12.8 Å². The standard InChI is InChI=1S/C17H33N3O2/c1-14-12-19(13-15(2)20(14)10-11-22-3)9-8-18-17(21)16-6-4-5-7-16/h14-16H,4-13H2,1-3H3,(H,18,21)/t14-,15+. The number of piperazine rings is 1. The van der Waals surface area contributed by atoms with E-state index in [1.54, 1.807) is 7.11 Å². The van der Waals surface area contributed by atoms with Gasteiger partial charge in [-0.05, 0) is 26.7 Å². The fraction of sp³-hybridized carbons (Fsp3) is 0.941. The smallest absolute Gasteiger partial charge is 0.223 e. The highest BCUT2D eigenvalue weighted by molar-refractivity contribution is 5.78. The highest BCUT2D eigenvalue weighted by Crippen LogP contribution is 2.24. The van der Waals surface area contributed by atoms with Crippen LogP contribution in [-0.4, -0.2) is 74.2 Å². The molecule has 2 atom stereocenters. The third-order valence-corrected chi connectivity index (χ3v) is 5.18. The van der Waals surface area contributed by atoms with Gasteiger partial charge in [0.25, 0.3) is 0 Å². The van der Waals surface area contributed by atoms with Crippen molar-refractivity contribution in [3.8, 4) is 0 Å². The molecule has 0 unspecified atom stereocenters. The molecule has 2 rings (SSSR count). The molecule has 1 saturated carbocycles. The van der Waals surface area contributed by atoms with E-state index in [1.165, 1.54) is 12.8 Å². The van der Waals surface area contributed by atoms with E-state index in [9.17, 15) is 4.79 Å². The van der Waals surface area contributed by atoms with E-state index in [0.717, 1.165) is 52.2 Å². The summed E-state index contributed by atoms with van der Waals surface area (Å²) >= 11 is 0. The first-order chi connectivity index (χ1) is 10.6. The second kappa shape index (κ2) is 8.85. The van der Waals surface area contributed by atoms with Crippen LogP contribution in [0.15, 0.2) is 0 Å². The Morgan fingerprint density at radius 2 is 1.77 bits per heavy atom. The molecule has 1 aliphatic carbocycles. The SMILES string of the molecule is COCCN1[C@H](C)CN(CCNC(=O)C2CCCC2)C[C@@H]1C. The van der Waals surface area contributed by atoms with Crippen LogP contribution in [0.25, 0.3) is 0 Å². The quantitative estimate of drug-likeness (QED) is 0.770. The van der Waals surface area contributed by atoms with Crippen LogP contribution in [0.4, 0.5) is 0 Å². The van der Waals surface area contributed by atoms with Gasteiger partial charge in [-0.15, -0.1) is 0 Å². The lowest BCUT2D eigenvalue weighted by atomic mass is 10.1. The third-order valence-electron chi connectivity index (χ3n) is 5.18. The van der Waals surface area contributed by atoms with E-state index in [2.05, 4.69) is 29.0 Å². The number of hydrogen-bond donors (Lipinski definition) is 1. The Balaban J connectivity index is 1.67. The lowest BCUT2D eigenvalue weighted by Crippen LogP contribution is -2.58. The molecule has 1 aliphatic heterocycles. The molecule has 1 N–H and O–H groups in total. The molecular weight excluding hydrogens is 278 g/mol. The maximum atomic E-state index is 12.0. The van der Waals surface area contributed by atoms with Crippen LogP contribution in [0.2, 0.25) is 0 Å². The minimum atomic E-state index is 0.275. The molecule has 2 fully saturated rings. The Morgan fingerprint density at radius 1 is 1.14 bits per heavy atom. The van der Waals surface area contributed by atoms with Crippen molar-refractivity contribution in [1.29, 1.82) is 0 Å². The molecule has 0 bridgehead atoms. The van der Waals surface area contributed by atoms with E-state index in [4.69, 9.17) is 4.74 Å². The molecule has 0 aromatic carbocycles. The largest absolute Gasteiger partial charge is 0.383 e. The van der Waals surface area contributed by atoms with Crippen molar-refractivity contribution in [2.24, 2.45) is 5.92 Å². The lowest BCUT2D eigenvalue weighted by Gasteiger charge is -2.44. The molecule has 22 heavy (non-hydrogen) atoms. The molecule has 1 heterocycles. The fourth-order valence-electron chi connectivity index (χ4n) is 3.96. The number of hydrogen-bond acceptors (Lipinski definition) is 4. The molecule has 5 nitrogen and oxygen atoms in total. The van der Waals surface area contributed by atoms with Crippen molar-refractivity contribution in [1.82, 2.24) is 15.1 Å². The topological polar surface area (TPSA) is 44.8 Å². The van der Waals surface area contributed by atoms with Crippen LogP contribution >= 0.6 is 0 Å². The predicted octanol–water partition coefficient (Wildman–Crippen LogP) is 1.33. The van der Waals surface area contributed by atoms with Crippen LogP contribution < -0.4 is 5.32 Å². The summed E-state index contributed by atoms with van der Waals surface area (Å²) in [4.78, 5) is 17.0. The minimum absolute atomic E-state index is 0.275. The number of carbonyl (C=O) groups is 1. The zero-order chi connectivity index (χ0) is 15.9. The van der Waals surface area contributed by atoms with Crippen LogP contribution in [0.3, 0.4) is 0 Å². The minimum Gasteiger partial charge on any atom is -0.383 e. The summed E-state index contributed by atoms with van der Waals surface area (Å²) in [5.74, 6) is 0.557. The number of carbonyl (C=O) groups excluding carboxylic acids is 1. The third kappa shape index (κ3) is 4.93. The molecule has 1 amide bonds. The summed E-state index contributed by atoms with van der Waals surface area (Å²) in [6.45, 7) is 10.3. The van der Waals surface area contributed by atoms with E-state index in [1.807, 2.05) is 0 Å². The van der Waals surface area contributed by atoms with Gasteiger partial charge in [0.2, 0.25) is 5.91 Å². The molecule has 0 aromatic rings. The van der Waals surface area contributed by atoms with Gasteiger partial charge in [-0.2, -0.15) is 0 Å². The summed E-state index contributed by atoms with van der Waals surface area (Å²) in [5.41, 5.74) is 0. The first-order valence-electron chi connectivity index (χ1n) is 8.86. The summed E-state index contributed by atoms with van der Waals surface area (Å²) in [5, 5.41) is 3.13. The van der Waals surface area contributed by atoms with Crippen molar-refractivity contribution in [3.63, 3.8) is 0 Å². The van der Waals surface area contributed by atoms with Gasteiger partial charge >= 0.3 is 0 Å². The summed E-state index contributed by atoms with van der Waals surface area (Å²) in [7, 11) is 1.76. The lowest BCUT2D eigenvalue weighted by molar-refractivity contribution is -0.124. The number of amides is 1. The van der Waals surface area contributed by atoms with Gasteiger partial charge in [-0.25, -0.2) is 0 Å². The van der Waals surface area contributed by atoms with Crippen LogP contribution in [0.1, 0.15) is 39.5 Å². The van der Waals surface area contributed by atoms with E-state index < -0.39 is 0 Å². The van der Waals surface area contributed by atoms with Crippen molar-refractivity contribution in [2.45, 2.75) is 51.6 Å². The Hall–Kier alpha value is -0.650. The highest BCUT2D eigenvalue weighted by atomic mass is 16.5. The highest BCUT2D eigenvalue weighted by Gasteiger charge is 2.29. The molecule has 0 spiro atoms. The van der Waals surface area contributed by atoms with Crippen molar-refractivity contribution in [2.75, 3.05) is 46.4 Å². The molecule has 0 radical (unpaired) electrons. The number of nitrogens with one attached hydrogen (secondary N) is 1. The van der Waals surface area contributed by atoms with Crippen molar-refractivity contribution in [3.05, 3.63) is 0 Å². The first-order valence-corrected chi connectivity index (χ1v) is 8.86. The fourth-order valence-corrected chi connectivity index (χ4v) is 3.96. The predicted molar refractivity (Wildman–Crippen MR) is 88.9 cm³/mol. The number of ether oxygens (including phenoxy) is 1. The Labute approximate surface area is 135 Å².